The highest BCUT2D eigenvalue weighted by atomic mass is 32.1. The van der Waals surface area contributed by atoms with Crippen molar-refractivity contribution in [3.8, 4) is 0 Å². The number of carbonyl (C=O) groups excluding carboxylic acids is 1. The van der Waals surface area contributed by atoms with Gasteiger partial charge in [-0.2, -0.15) is 0 Å². The summed E-state index contributed by atoms with van der Waals surface area (Å²) < 4.78 is 6.37. The number of hydrogen-bond acceptors (Lipinski definition) is 5. The number of methoxy groups -OCH3 is 1. The molecule has 0 amide bonds. The first kappa shape index (κ1) is 14.4. The Morgan fingerprint density at radius 1 is 1.39 bits per heavy atom. The van der Waals surface area contributed by atoms with Crippen LogP contribution in [0.2, 0.25) is 0 Å². The molecule has 0 unspecified atom stereocenters. The maximum absolute atomic E-state index is 12.1. The number of rotatable bonds is 2. The van der Waals surface area contributed by atoms with Crippen LogP contribution < -0.4 is 11.4 Å². The van der Waals surface area contributed by atoms with Crippen LogP contribution in [0.25, 0.3) is 0 Å². The molecule has 1 N–H and O–H groups in total. The quantitative estimate of drug-likeness (QED) is 0.605. The number of carbonyl (C=O) groups is 1. The van der Waals surface area contributed by atoms with Crippen molar-refractivity contribution >= 4 is 18.2 Å². The molecule has 1 rings (SSSR count). The van der Waals surface area contributed by atoms with E-state index in [1.165, 1.54) is 7.11 Å². The largest absolute Gasteiger partial charge is 0.468 e. The number of H-pyrrole nitrogens is 1. The lowest BCUT2D eigenvalue weighted by atomic mass is 10.1. The number of aromatic nitrogens is 3. The molecular formula is C10H15N3O4S. The zero-order chi connectivity index (χ0) is 14.1. The molecule has 7 nitrogen and oxygen atoms in total. The fourth-order valence-corrected chi connectivity index (χ4v) is 1.66. The van der Waals surface area contributed by atoms with Crippen LogP contribution in [-0.4, -0.2) is 27.2 Å². The van der Waals surface area contributed by atoms with E-state index in [0.29, 0.717) is 0 Å². The summed E-state index contributed by atoms with van der Waals surface area (Å²) in [6.45, 7) is 4.78. The van der Waals surface area contributed by atoms with Crippen LogP contribution in [0.3, 0.4) is 0 Å². The van der Waals surface area contributed by atoms with E-state index in [-0.39, 0.29) is 11.3 Å². The minimum atomic E-state index is -0.717. The van der Waals surface area contributed by atoms with Crippen LogP contribution in [0, 0.1) is 4.77 Å². The smallest absolute Gasteiger partial charge is 0.335 e. The first-order chi connectivity index (χ1) is 8.18. The summed E-state index contributed by atoms with van der Waals surface area (Å²) in [5, 5.41) is 0. The Kier molecular flexibility index (Phi) is 3.90. The summed E-state index contributed by atoms with van der Waals surface area (Å²) in [4.78, 5) is 37.4. The molecule has 0 aliphatic carbocycles. The Morgan fingerprint density at radius 2 is 1.94 bits per heavy atom. The molecule has 1 aromatic rings. The standard InChI is InChI=1S/C10H15N3O4S/c1-10(2,3)13-7(15)11-8(18)12(9(13)16)5-6(14)17-4/h5H2,1-4H3,(H,11,15,18). The molecule has 0 atom stereocenters. The second-order valence-corrected chi connectivity index (χ2v) is 5.07. The number of nitrogens with zero attached hydrogens (tertiary/aromatic N) is 2. The Morgan fingerprint density at radius 3 is 2.39 bits per heavy atom. The predicted octanol–water partition coefficient (Wildman–Crippen LogP) is -0.00441. The SMILES string of the molecule is COC(=O)Cn1c(=S)[nH]c(=O)n(C(C)(C)C)c1=O. The second-order valence-electron chi connectivity index (χ2n) is 4.69. The second kappa shape index (κ2) is 4.89. The van der Waals surface area contributed by atoms with Gasteiger partial charge in [-0.25, -0.2) is 14.2 Å². The van der Waals surface area contributed by atoms with E-state index in [9.17, 15) is 14.4 Å². The molecule has 0 saturated heterocycles. The molecule has 18 heavy (non-hydrogen) atoms. The summed E-state index contributed by atoms with van der Waals surface area (Å²) in [5.74, 6) is -0.615. The zero-order valence-corrected chi connectivity index (χ0v) is 11.5. The lowest BCUT2D eigenvalue weighted by Crippen LogP contribution is -2.49. The van der Waals surface area contributed by atoms with Crippen LogP contribution in [-0.2, 0) is 21.6 Å². The molecule has 0 aliphatic heterocycles. The number of aromatic amines is 1. The molecule has 0 spiro atoms. The van der Waals surface area contributed by atoms with Crippen molar-refractivity contribution in [2.24, 2.45) is 0 Å². The van der Waals surface area contributed by atoms with Crippen LogP contribution in [0.15, 0.2) is 9.59 Å². The van der Waals surface area contributed by atoms with Crippen molar-refractivity contribution in [2.75, 3.05) is 7.11 Å². The van der Waals surface area contributed by atoms with Gasteiger partial charge in [0.1, 0.15) is 6.54 Å². The fraction of sp³-hybridized carbons (Fsp3) is 0.600. The van der Waals surface area contributed by atoms with Crippen LogP contribution in [0.5, 0.6) is 0 Å². The van der Waals surface area contributed by atoms with E-state index >= 15 is 0 Å². The zero-order valence-electron chi connectivity index (χ0n) is 10.6. The van der Waals surface area contributed by atoms with Gasteiger partial charge in [-0.15, -0.1) is 0 Å². The summed E-state index contributed by atoms with van der Waals surface area (Å²) in [7, 11) is 1.21. The van der Waals surface area contributed by atoms with Crippen molar-refractivity contribution in [3.05, 3.63) is 25.7 Å². The summed E-state index contributed by atoms with van der Waals surface area (Å²) in [5.41, 5.74) is -1.95. The molecule has 0 saturated carbocycles. The van der Waals surface area contributed by atoms with E-state index in [0.717, 1.165) is 9.13 Å². The molecule has 0 aromatic carbocycles. The van der Waals surface area contributed by atoms with Crippen molar-refractivity contribution in [1.82, 2.24) is 14.1 Å². The average Bonchev–Trinajstić information content (AvgIpc) is 2.21. The monoisotopic (exact) mass is 273 g/mol. The molecule has 0 fully saturated rings. The number of hydrogen-bond donors (Lipinski definition) is 1. The highest BCUT2D eigenvalue weighted by Crippen LogP contribution is 2.06. The van der Waals surface area contributed by atoms with Crippen LogP contribution in [0.1, 0.15) is 20.8 Å². The Labute approximate surface area is 108 Å². The van der Waals surface area contributed by atoms with Gasteiger partial charge < -0.3 is 4.74 Å². The normalized spacial score (nSPS) is 11.3. The lowest BCUT2D eigenvalue weighted by molar-refractivity contribution is -0.141. The number of nitrogens with one attached hydrogen (secondary N) is 1. The Bertz CT molecular complexity index is 632. The number of esters is 1. The highest BCUT2D eigenvalue weighted by molar-refractivity contribution is 7.71. The van der Waals surface area contributed by atoms with Gasteiger partial charge >= 0.3 is 17.3 Å². The lowest BCUT2D eigenvalue weighted by Gasteiger charge is -2.21. The summed E-state index contributed by atoms with van der Waals surface area (Å²) in [6, 6.07) is 0. The van der Waals surface area contributed by atoms with E-state index < -0.39 is 22.9 Å². The van der Waals surface area contributed by atoms with E-state index in [2.05, 4.69) is 9.72 Å². The van der Waals surface area contributed by atoms with E-state index in [4.69, 9.17) is 12.2 Å². The van der Waals surface area contributed by atoms with Crippen molar-refractivity contribution < 1.29 is 9.53 Å². The van der Waals surface area contributed by atoms with Crippen LogP contribution >= 0.6 is 12.2 Å². The van der Waals surface area contributed by atoms with Crippen molar-refractivity contribution in [2.45, 2.75) is 32.9 Å². The van der Waals surface area contributed by atoms with E-state index in [1.54, 1.807) is 20.8 Å². The molecule has 1 heterocycles. The molecular weight excluding hydrogens is 258 g/mol. The minimum Gasteiger partial charge on any atom is -0.468 e. The van der Waals surface area contributed by atoms with Gasteiger partial charge in [0.05, 0.1) is 7.11 Å². The molecule has 100 valence electrons. The number of ether oxygens (including phenoxy) is 1. The third-order valence-electron chi connectivity index (χ3n) is 2.27. The maximum Gasteiger partial charge on any atom is 0.335 e. The van der Waals surface area contributed by atoms with Crippen molar-refractivity contribution in [3.63, 3.8) is 0 Å². The molecule has 8 heteroatoms. The highest BCUT2D eigenvalue weighted by Gasteiger charge is 2.21. The minimum absolute atomic E-state index is 0.101. The van der Waals surface area contributed by atoms with Gasteiger partial charge in [0, 0.05) is 5.54 Å². The van der Waals surface area contributed by atoms with Crippen LogP contribution in [0.4, 0.5) is 0 Å². The first-order valence-electron chi connectivity index (χ1n) is 5.22. The van der Waals surface area contributed by atoms with Gasteiger partial charge in [0.2, 0.25) is 0 Å². The Hall–Kier alpha value is -1.70. The van der Waals surface area contributed by atoms with Gasteiger partial charge in [-0.1, -0.05) is 0 Å². The predicted molar refractivity (Wildman–Crippen MR) is 67.2 cm³/mol. The third kappa shape index (κ3) is 2.76. The molecule has 1 aromatic heterocycles. The van der Waals surface area contributed by atoms with Gasteiger partial charge in [-0.05, 0) is 33.0 Å². The maximum atomic E-state index is 12.1. The van der Waals surface area contributed by atoms with Crippen molar-refractivity contribution in [1.29, 1.82) is 0 Å². The third-order valence-corrected chi connectivity index (χ3v) is 2.59. The summed E-state index contributed by atoms with van der Waals surface area (Å²) in [6.07, 6.45) is 0. The van der Waals surface area contributed by atoms with E-state index in [1.807, 2.05) is 0 Å². The Balaban J connectivity index is 3.57. The molecule has 0 aliphatic rings. The first-order valence-corrected chi connectivity index (χ1v) is 5.62. The van der Waals surface area contributed by atoms with Gasteiger partial charge in [0.25, 0.3) is 0 Å². The molecule has 0 bridgehead atoms. The average molecular weight is 273 g/mol. The molecule has 0 radical (unpaired) electrons. The fourth-order valence-electron chi connectivity index (χ4n) is 1.43. The summed E-state index contributed by atoms with van der Waals surface area (Å²) >= 11 is 4.86. The van der Waals surface area contributed by atoms with Gasteiger partial charge in [-0.3, -0.25) is 14.3 Å². The topological polar surface area (TPSA) is 86.1 Å². The van der Waals surface area contributed by atoms with Gasteiger partial charge in [0.15, 0.2) is 4.77 Å².